The molecule has 0 aliphatic carbocycles. The molecule has 8 heteroatoms. The molecule has 136 valence electrons. The quantitative estimate of drug-likeness (QED) is 0.471. The monoisotopic (exact) mass is 399 g/mol. The second-order valence-corrected chi connectivity index (χ2v) is 7.84. The van der Waals surface area contributed by atoms with Crippen LogP contribution in [0.15, 0.2) is 58.2 Å². The van der Waals surface area contributed by atoms with Crippen molar-refractivity contribution < 1.29 is 13.6 Å². The summed E-state index contributed by atoms with van der Waals surface area (Å²) in [5.41, 5.74) is 3.01. The second kappa shape index (κ2) is 7.50. The fourth-order valence-corrected chi connectivity index (χ4v) is 4.01. The van der Waals surface area contributed by atoms with E-state index in [-0.39, 0.29) is 17.5 Å². The number of amides is 1. The highest BCUT2D eigenvalue weighted by molar-refractivity contribution is 7.99. The van der Waals surface area contributed by atoms with Crippen LogP contribution in [-0.2, 0) is 4.79 Å². The van der Waals surface area contributed by atoms with Crippen LogP contribution in [0.25, 0.3) is 22.4 Å². The van der Waals surface area contributed by atoms with Crippen molar-refractivity contribution in [2.75, 3.05) is 11.1 Å². The van der Waals surface area contributed by atoms with Gasteiger partial charge in [-0.3, -0.25) is 4.79 Å². The number of para-hydroxylation sites is 2. The number of thiazole rings is 1. The van der Waals surface area contributed by atoms with Gasteiger partial charge in [-0.05, 0) is 43.3 Å². The van der Waals surface area contributed by atoms with Gasteiger partial charge in [0.1, 0.15) is 11.3 Å². The van der Waals surface area contributed by atoms with E-state index in [2.05, 4.69) is 15.3 Å². The summed E-state index contributed by atoms with van der Waals surface area (Å²) in [5.74, 6) is -0.324. The number of aromatic nitrogens is 2. The van der Waals surface area contributed by atoms with E-state index in [1.165, 1.54) is 35.2 Å². The van der Waals surface area contributed by atoms with Crippen LogP contribution < -0.4 is 5.32 Å². The molecule has 4 rings (SSSR count). The van der Waals surface area contributed by atoms with E-state index >= 15 is 0 Å². The van der Waals surface area contributed by atoms with Crippen molar-refractivity contribution in [2.45, 2.75) is 12.1 Å². The van der Waals surface area contributed by atoms with Crippen LogP contribution in [0, 0.1) is 12.7 Å². The normalized spacial score (nSPS) is 11.0. The summed E-state index contributed by atoms with van der Waals surface area (Å²) < 4.78 is 18.7. The highest BCUT2D eigenvalue weighted by Gasteiger charge is 2.14. The molecule has 2 aromatic heterocycles. The van der Waals surface area contributed by atoms with Gasteiger partial charge in [-0.25, -0.2) is 14.4 Å². The highest BCUT2D eigenvalue weighted by atomic mass is 32.2. The SMILES string of the molecule is Cc1sc(NC(=O)CSc2nc3ccccc3o2)nc1-c1ccc(F)cc1. The van der Waals surface area contributed by atoms with Crippen LogP contribution in [0.1, 0.15) is 4.88 Å². The number of anilines is 1. The Kier molecular flexibility index (Phi) is 4.91. The lowest BCUT2D eigenvalue weighted by Gasteiger charge is -2.00. The highest BCUT2D eigenvalue weighted by Crippen LogP contribution is 2.31. The van der Waals surface area contributed by atoms with Crippen LogP contribution in [0.4, 0.5) is 9.52 Å². The Hall–Kier alpha value is -2.71. The van der Waals surface area contributed by atoms with Gasteiger partial charge in [0.15, 0.2) is 10.7 Å². The Morgan fingerprint density at radius 1 is 1.19 bits per heavy atom. The number of oxazole rings is 1. The largest absolute Gasteiger partial charge is 0.431 e. The topological polar surface area (TPSA) is 68.0 Å². The predicted octanol–water partition coefficient (Wildman–Crippen LogP) is 5.13. The average molecular weight is 399 g/mol. The number of carbonyl (C=O) groups excluding carboxylic acids is 1. The van der Waals surface area contributed by atoms with Gasteiger partial charge in [0, 0.05) is 10.4 Å². The molecule has 0 radical (unpaired) electrons. The molecular weight excluding hydrogens is 385 g/mol. The van der Waals surface area contributed by atoms with E-state index in [1.54, 1.807) is 12.1 Å². The maximum absolute atomic E-state index is 13.1. The van der Waals surface area contributed by atoms with E-state index < -0.39 is 0 Å². The van der Waals surface area contributed by atoms with Gasteiger partial charge in [0.25, 0.3) is 5.22 Å². The van der Waals surface area contributed by atoms with E-state index in [1.807, 2.05) is 31.2 Å². The number of benzene rings is 2. The number of nitrogens with one attached hydrogen (secondary N) is 1. The summed E-state index contributed by atoms with van der Waals surface area (Å²) in [6, 6.07) is 13.6. The lowest BCUT2D eigenvalue weighted by Crippen LogP contribution is -2.13. The van der Waals surface area contributed by atoms with Crippen LogP contribution in [0.5, 0.6) is 0 Å². The van der Waals surface area contributed by atoms with Crippen LogP contribution >= 0.6 is 23.1 Å². The maximum atomic E-state index is 13.1. The number of carbonyl (C=O) groups is 1. The first-order chi connectivity index (χ1) is 13.1. The zero-order valence-electron chi connectivity index (χ0n) is 14.2. The first-order valence-electron chi connectivity index (χ1n) is 8.10. The van der Waals surface area contributed by atoms with Gasteiger partial charge in [0.05, 0.1) is 11.4 Å². The first-order valence-corrected chi connectivity index (χ1v) is 9.90. The summed E-state index contributed by atoms with van der Waals surface area (Å²) in [6.45, 7) is 1.92. The third-order valence-corrected chi connectivity index (χ3v) is 5.48. The molecule has 2 aromatic carbocycles. The molecule has 4 aromatic rings. The molecule has 0 aliphatic heterocycles. The Bertz CT molecular complexity index is 1070. The number of aryl methyl sites for hydroxylation is 1. The number of thioether (sulfide) groups is 1. The Labute approximate surface area is 162 Å². The van der Waals surface area contributed by atoms with Gasteiger partial charge >= 0.3 is 0 Å². The molecule has 0 unspecified atom stereocenters. The van der Waals surface area contributed by atoms with Crippen LogP contribution in [0.3, 0.4) is 0 Å². The van der Waals surface area contributed by atoms with Crippen molar-refractivity contribution in [3.8, 4) is 11.3 Å². The molecular formula is C19H14FN3O2S2. The third kappa shape index (κ3) is 4.01. The van der Waals surface area contributed by atoms with Gasteiger partial charge in [0.2, 0.25) is 5.91 Å². The number of hydrogen-bond donors (Lipinski definition) is 1. The molecule has 1 N–H and O–H groups in total. The van der Waals surface area contributed by atoms with Crippen LogP contribution in [-0.4, -0.2) is 21.6 Å². The number of halogens is 1. The van der Waals surface area contributed by atoms with Crippen molar-refractivity contribution in [1.82, 2.24) is 9.97 Å². The summed E-state index contributed by atoms with van der Waals surface area (Å²) in [4.78, 5) is 22.0. The first kappa shape index (κ1) is 17.7. The van der Waals surface area contributed by atoms with E-state index in [4.69, 9.17) is 4.42 Å². The molecule has 0 bridgehead atoms. The fourth-order valence-electron chi connectivity index (χ4n) is 2.52. The molecule has 5 nitrogen and oxygen atoms in total. The Balaban J connectivity index is 1.40. The van der Waals surface area contributed by atoms with E-state index in [0.29, 0.717) is 15.9 Å². The van der Waals surface area contributed by atoms with E-state index in [0.717, 1.165) is 21.7 Å². The lowest BCUT2D eigenvalue weighted by atomic mass is 10.1. The minimum absolute atomic E-state index is 0.164. The van der Waals surface area contributed by atoms with Gasteiger partial charge in [-0.1, -0.05) is 23.9 Å². The molecule has 0 saturated heterocycles. The minimum atomic E-state index is -0.295. The maximum Gasteiger partial charge on any atom is 0.257 e. The van der Waals surface area contributed by atoms with Crippen molar-refractivity contribution in [2.24, 2.45) is 0 Å². The molecule has 0 aliphatic rings. The number of nitrogens with zero attached hydrogens (tertiary/aromatic N) is 2. The summed E-state index contributed by atoms with van der Waals surface area (Å²) in [6.07, 6.45) is 0. The van der Waals surface area contributed by atoms with Crippen molar-refractivity contribution in [1.29, 1.82) is 0 Å². The molecule has 2 heterocycles. The smallest absolute Gasteiger partial charge is 0.257 e. The van der Waals surface area contributed by atoms with Gasteiger partial charge in [-0.2, -0.15) is 0 Å². The zero-order valence-corrected chi connectivity index (χ0v) is 15.9. The molecule has 0 atom stereocenters. The standard InChI is InChI=1S/C19H14FN3O2S2/c1-11-17(12-6-8-13(20)9-7-12)23-18(27-11)22-16(24)10-26-19-21-14-4-2-3-5-15(14)25-19/h2-9H,10H2,1H3,(H,22,23,24). The van der Waals surface area contributed by atoms with Gasteiger partial charge < -0.3 is 9.73 Å². The predicted molar refractivity (Wildman–Crippen MR) is 106 cm³/mol. The third-order valence-electron chi connectivity index (χ3n) is 3.76. The minimum Gasteiger partial charge on any atom is -0.431 e. The Morgan fingerprint density at radius 3 is 2.74 bits per heavy atom. The summed E-state index contributed by atoms with van der Waals surface area (Å²) >= 11 is 2.61. The van der Waals surface area contributed by atoms with Crippen LogP contribution in [0.2, 0.25) is 0 Å². The van der Waals surface area contributed by atoms with Crippen molar-refractivity contribution >= 4 is 45.2 Å². The van der Waals surface area contributed by atoms with E-state index in [9.17, 15) is 9.18 Å². The molecule has 0 saturated carbocycles. The average Bonchev–Trinajstić information content (AvgIpc) is 3.23. The lowest BCUT2D eigenvalue weighted by molar-refractivity contribution is -0.113. The van der Waals surface area contributed by atoms with Gasteiger partial charge in [-0.15, -0.1) is 11.3 Å². The fraction of sp³-hybridized carbons (Fsp3) is 0.105. The zero-order chi connectivity index (χ0) is 18.8. The number of rotatable bonds is 5. The molecule has 0 spiro atoms. The molecule has 1 amide bonds. The summed E-state index contributed by atoms with van der Waals surface area (Å²) in [7, 11) is 0. The number of hydrogen-bond acceptors (Lipinski definition) is 6. The molecule has 27 heavy (non-hydrogen) atoms. The van der Waals surface area contributed by atoms with Crippen molar-refractivity contribution in [3.63, 3.8) is 0 Å². The van der Waals surface area contributed by atoms with Crippen molar-refractivity contribution in [3.05, 3.63) is 59.2 Å². The molecule has 0 fully saturated rings. The summed E-state index contributed by atoms with van der Waals surface area (Å²) in [5, 5.41) is 3.75. The Morgan fingerprint density at radius 2 is 1.96 bits per heavy atom. The number of fused-ring (bicyclic) bond motifs is 1. The second-order valence-electron chi connectivity index (χ2n) is 5.72.